The number of thiophene rings is 1. The summed E-state index contributed by atoms with van der Waals surface area (Å²) in [4.78, 5) is 11.8. The number of thioether (sulfide) groups is 1. The molecule has 22 heavy (non-hydrogen) atoms. The SMILES string of the molecule is C[C@H]1CCc2c(sc3ncnc(SC[C@@H]4CCOCO4)c23)C1. The zero-order valence-corrected chi connectivity index (χ0v) is 14.3. The van der Waals surface area contributed by atoms with Gasteiger partial charge in [0, 0.05) is 16.0 Å². The molecule has 0 radical (unpaired) electrons. The Bertz CT molecular complexity index is 667. The first kappa shape index (κ1) is 14.9. The van der Waals surface area contributed by atoms with Crippen molar-refractivity contribution < 1.29 is 9.47 Å². The highest BCUT2D eigenvalue weighted by molar-refractivity contribution is 7.99. The molecule has 0 amide bonds. The van der Waals surface area contributed by atoms with Crippen LogP contribution in [0.2, 0.25) is 0 Å². The first-order chi connectivity index (χ1) is 10.8. The molecule has 2 aromatic rings. The van der Waals surface area contributed by atoms with E-state index >= 15 is 0 Å². The monoisotopic (exact) mass is 336 g/mol. The molecule has 0 aromatic carbocycles. The van der Waals surface area contributed by atoms with Crippen LogP contribution in [0.4, 0.5) is 0 Å². The Labute approximate surface area is 138 Å². The van der Waals surface area contributed by atoms with E-state index in [2.05, 4.69) is 16.9 Å². The maximum atomic E-state index is 5.64. The average molecular weight is 336 g/mol. The summed E-state index contributed by atoms with van der Waals surface area (Å²) >= 11 is 3.67. The first-order valence-corrected chi connectivity index (χ1v) is 9.69. The highest BCUT2D eigenvalue weighted by Gasteiger charge is 2.24. The fourth-order valence-corrected chi connectivity index (χ4v) is 5.67. The lowest BCUT2D eigenvalue weighted by atomic mass is 9.89. The van der Waals surface area contributed by atoms with Gasteiger partial charge < -0.3 is 9.47 Å². The lowest BCUT2D eigenvalue weighted by Crippen LogP contribution is -2.25. The molecule has 1 saturated heterocycles. The van der Waals surface area contributed by atoms with E-state index in [1.54, 1.807) is 6.33 Å². The minimum Gasteiger partial charge on any atom is -0.355 e. The average Bonchev–Trinajstić information content (AvgIpc) is 2.91. The third-order valence-electron chi connectivity index (χ3n) is 4.43. The summed E-state index contributed by atoms with van der Waals surface area (Å²) in [6.45, 7) is 3.57. The van der Waals surface area contributed by atoms with Crippen LogP contribution in [0.5, 0.6) is 0 Å². The van der Waals surface area contributed by atoms with E-state index in [1.807, 2.05) is 23.1 Å². The molecular weight excluding hydrogens is 316 g/mol. The molecule has 118 valence electrons. The zero-order chi connectivity index (χ0) is 14.9. The van der Waals surface area contributed by atoms with Crippen LogP contribution in [-0.4, -0.2) is 35.2 Å². The van der Waals surface area contributed by atoms with Crippen molar-refractivity contribution in [2.45, 2.75) is 43.7 Å². The molecule has 0 spiro atoms. The summed E-state index contributed by atoms with van der Waals surface area (Å²) in [5, 5.41) is 2.44. The summed E-state index contributed by atoms with van der Waals surface area (Å²) < 4.78 is 10.9. The zero-order valence-electron chi connectivity index (χ0n) is 12.7. The number of aromatic nitrogens is 2. The van der Waals surface area contributed by atoms with Crippen LogP contribution >= 0.6 is 23.1 Å². The number of hydrogen-bond acceptors (Lipinski definition) is 6. The van der Waals surface area contributed by atoms with Gasteiger partial charge in [-0.2, -0.15) is 0 Å². The second-order valence-corrected chi connectivity index (χ2v) is 8.22. The number of aryl methyl sites for hydroxylation is 1. The quantitative estimate of drug-likeness (QED) is 0.632. The molecule has 2 atom stereocenters. The van der Waals surface area contributed by atoms with Gasteiger partial charge in [0.05, 0.1) is 12.7 Å². The topological polar surface area (TPSA) is 44.2 Å². The Morgan fingerprint density at radius 2 is 2.32 bits per heavy atom. The van der Waals surface area contributed by atoms with Crippen LogP contribution in [0, 0.1) is 5.92 Å². The lowest BCUT2D eigenvalue weighted by molar-refractivity contribution is -0.130. The summed E-state index contributed by atoms with van der Waals surface area (Å²) in [6.07, 6.45) is 6.61. The molecule has 2 aliphatic rings. The molecule has 3 heterocycles. The Morgan fingerprint density at radius 1 is 1.36 bits per heavy atom. The summed E-state index contributed by atoms with van der Waals surface area (Å²) in [5.74, 6) is 1.73. The van der Waals surface area contributed by atoms with E-state index in [0.29, 0.717) is 6.79 Å². The molecule has 1 fully saturated rings. The molecule has 0 N–H and O–H groups in total. The Kier molecular flexibility index (Phi) is 4.35. The molecule has 2 aromatic heterocycles. The molecule has 6 heteroatoms. The second-order valence-electron chi connectivity index (χ2n) is 6.13. The van der Waals surface area contributed by atoms with Crippen molar-refractivity contribution in [3.63, 3.8) is 0 Å². The van der Waals surface area contributed by atoms with Crippen molar-refractivity contribution in [3.05, 3.63) is 16.8 Å². The normalized spacial score (nSPS) is 25.3. The Hall–Kier alpha value is -0.690. The van der Waals surface area contributed by atoms with Crippen LogP contribution in [0.1, 0.15) is 30.2 Å². The van der Waals surface area contributed by atoms with Gasteiger partial charge >= 0.3 is 0 Å². The maximum absolute atomic E-state index is 5.64. The smallest absolute Gasteiger partial charge is 0.147 e. The van der Waals surface area contributed by atoms with Gasteiger partial charge in [0.15, 0.2) is 0 Å². The highest BCUT2D eigenvalue weighted by Crippen LogP contribution is 2.40. The molecular formula is C16H20N2O2S2. The highest BCUT2D eigenvalue weighted by atomic mass is 32.2. The number of hydrogen-bond donors (Lipinski definition) is 0. The third-order valence-corrected chi connectivity index (χ3v) is 6.72. The predicted octanol–water partition coefficient (Wildman–Crippen LogP) is 3.67. The molecule has 1 aliphatic carbocycles. The van der Waals surface area contributed by atoms with Crippen LogP contribution in [0.15, 0.2) is 11.4 Å². The molecule has 0 saturated carbocycles. The van der Waals surface area contributed by atoms with Gasteiger partial charge in [0.1, 0.15) is 23.0 Å². The van der Waals surface area contributed by atoms with E-state index in [9.17, 15) is 0 Å². The van der Waals surface area contributed by atoms with Gasteiger partial charge in [0.25, 0.3) is 0 Å². The fraction of sp³-hybridized carbons (Fsp3) is 0.625. The van der Waals surface area contributed by atoms with Gasteiger partial charge in [-0.15, -0.1) is 23.1 Å². The van der Waals surface area contributed by atoms with Crippen LogP contribution < -0.4 is 0 Å². The van der Waals surface area contributed by atoms with Crippen LogP contribution in [-0.2, 0) is 22.3 Å². The van der Waals surface area contributed by atoms with E-state index in [0.717, 1.165) is 34.6 Å². The van der Waals surface area contributed by atoms with E-state index < -0.39 is 0 Å². The Balaban J connectivity index is 1.60. The molecule has 0 bridgehead atoms. The first-order valence-electron chi connectivity index (χ1n) is 7.88. The van der Waals surface area contributed by atoms with E-state index in [-0.39, 0.29) is 6.10 Å². The van der Waals surface area contributed by atoms with Crippen molar-refractivity contribution in [1.29, 1.82) is 0 Å². The molecule has 1 aliphatic heterocycles. The van der Waals surface area contributed by atoms with Crippen molar-refractivity contribution in [2.24, 2.45) is 5.92 Å². The van der Waals surface area contributed by atoms with Crippen molar-refractivity contribution in [2.75, 3.05) is 19.2 Å². The summed E-state index contributed by atoms with van der Waals surface area (Å²) in [6, 6.07) is 0. The summed E-state index contributed by atoms with van der Waals surface area (Å²) in [7, 11) is 0. The third kappa shape index (κ3) is 2.89. The van der Waals surface area contributed by atoms with Crippen molar-refractivity contribution >= 4 is 33.3 Å². The van der Waals surface area contributed by atoms with Crippen LogP contribution in [0.3, 0.4) is 0 Å². The van der Waals surface area contributed by atoms with Gasteiger partial charge in [-0.25, -0.2) is 9.97 Å². The van der Waals surface area contributed by atoms with E-state index in [1.165, 1.54) is 35.1 Å². The van der Waals surface area contributed by atoms with Gasteiger partial charge in [-0.3, -0.25) is 0 Å². The molecule has 0 unspecified atom stereocenters. The number of ether oxygens (including phenoxy) is 2. The minimum absolute atomic E-state index is 0.276. The predicted molar refractivity (Wildman–Crippen MR) is 89.6 cm³/mol. The van der Waals surface area contributed by atoms with Gasteiger partial charge in [0.2, 0.25) is 0 Å². The molecule has 4 nitrogen and oxygen atoms in total. The standard InChI is InChI=1S/C16H20N2O2S2/c1-10-2-3-12-13(6-10)22-16-14(12)15(17-8-18-16)21-7-11-4-5-19-9-20-11/h8,10-11H,2-7,9H2,1H3/t10-,11-/m0/s1. The summed E-state index contributed by atoms with van der Waals surface area (Å²) in [5.41, 5.74) is 1.51. The van der Waals surface area contributed by atoms with Gasteiger partial charge in [-0.05, 0) is 37.2 Å². The minimum atomic E-state index is 0.276. The Morgan fingerprint density at radius 3 is 3.18 bits per heavy atom. The fourth-order valence-electron chi connectivity index (χ4n) is 3.16. The molecule has 4 rings (SSSR count). The van der Waals surface area contributed by atoms with E-state index in [4.69, 9.17) is 9.47 Å². The number of fused-ring (bicyclic) bond motifs is 3. The van der Waals surface area contributed by atoms with Crippen LogP contribution in [0.25, 0.3) is 10.2 Å². The largest absolute Gasteiger partial charge is 0.355 e. The van der Waals surface area contributed by atoms with Crippen molar-refractivity contribution in [3.8, 4) is 0 Å². The number of rotatable bonds is 3. The van der Waals surface area contributed by atoms with Crippen molar-refractivity contribution in [1.82, 2.24) is 9.97 Å². The lowest BCUT2D eigenvalue weighted by Gasteiger charge is -2.22. The number of nitrogens with zero attached hydrogens (tertiary/aromatic N) is 2. The second kappa shape index (κ2) is 6.43. The maximum Gasteiger partial charge on any atom is 0.147 e. The van der Waals surface area contributed by atoms with Gasteiger partial charge in [-0.1, -0.05) is 6.92 Å².